The molecule has 0 bridgehead atoms. The summed E-state index contributed by atoms with van der Waals surface area (Å²) in [4.78, 5) is 15.6. The average Bonchev–Trinajstić information content (AvgIpc) is 3.01. The fourth-order valence-electron chi connectivity index (χ4n) is 1.75. The third-order valence-electron chi connectivity index (χ3n) is 3.07. The Hall–Kier alpha value is -1.53. The average molecular weight is 261 g/mol. The summed E-state index contributed by atoms with van der Waals surface area (Å²) in [7, 11) is 0. The van der Waals surface area contributed by atoms with E-state index in [0.717, 1.165) is 0 Å². The number of hydrogen-bond donors (Lipinski definition) is 1. The fourth-order valence-corrected chi connectivity index (χ4v) is 1.75. The predicted molar refractivity (Wildman–Crippen MR) is 60.5 cm³/mol. The number of halogens is 3. The van der Waals surface area contributed by atoms with Crippen molar-refractivity contribution < 1.29 is 13.2 Å². The van der Waals surface area contributed by atoms with E-state index in [9.17, 15) is 18.0 Å². The summed E-state index contributed by atoms with van der Waals surface area (Å²) < 4.78 is 39.7. The minimum atomic E-state index is -4.36. The van der Waals surface area contributed by atoms with Gasteiger partial charge in [0.05, 0.1) is 0 Å². The van der Waals surface area contributed by atoms with Gasteiger partial charge in [-0.15, -0.1) is 0 Å². The van der Waals surface area contributed by atoms with Crippen LogP contribution in [0.15, 0.2) is 17.2 Å². The Bertz CT molecular complexity index is 503. The second-order valence-electron chi connectivity index (χ2n) is 4.79. The maximum atomic E-state index is 12.8. The first-order chi connectivity index (χ1) is 8.27. The summed E-state index contributed by atoms with van der Waals surface area (Å²) >= 11 is 0. The monoisotopic (exact) mass is 261 g/mol. The van der Waals surface area contributed by atoms with Gasteiger partial charge < -0.3 is 9.88 Å². The van der Waals surface area contributed by atoms with Crippen LogP contribution >= 0.6 is 0 Å². The van der Waals surface area contributed by atoms with Crippen LogP contribution in [-0.2, 0) is 0 Å². The lowest BCUT2D eigenvalue weighted by atomic mass is 10.2. The zero-order valence-electron chi connectivity index (χ0n) is 10.1. The molecule has 0 radical (unpaired) electrons. The molecule has 2 rings (SSSR count). The van der Waals surface area contributed by atoms with Crippen LogP contribution < -0.4 is 10.9 Å². The van der Waals surface area contributed by atoms with Crippen molar-refractivity contribution in [1.82, 2.24) is 9.55 Å². The molecule has 100 valence electrons. The van der Waals surface area contributed by atoms with Crippen molar-refractivity contribution in [2.24, 2.45) is 0 Å². The van der Waals surface area contributed by atoms with Crippen molar-refractivity contribution >= 4 is 5.82 Å². The first-order valence-corrected chi connectivity index (χ1v) is 5.69. The van der Waals surface area contributed by atoms with Gasteiger partial charge in [-0.2, -0.15) is 13.2 Å². The highest BCUT2D eigenvalue weighted by molar-refractivity contribution is 5.39. The first kappa shape index (κ1) is 12.9. The van der Waals surface area contributed by atoms with Gasteiger partial charge in [0, 0.05) is 18.4 Å². The summed E-state index contributed by atoms with van der Waals surface area (Å²) in [5, 5.41) is 2.26. The van der Waals surface area contributed by atoms with Gasteiger partial charge >= 0.3 is 6.18 Å². The van der Waals surface area contributed by atoms with Gasteiger partial charge in [-0.25, -0.2) is 4.98 Å². The smallest absolute Gasteiger partial charge is 0.352 e. The van der Waals surface area contributed by atoms with Crippen LogP contribution in [0.5, 0.6) is 0 Å². The summed E-state index contributed by atoms with van der Waals surface area (Å²) in [6, 6.07) is -0.123. The van der Waals surface area contributed by atoms with Gasteiger partial charge in [0.15, 0.2) is 5.82 Å². The lowest BCUT2D eigenvalue weighted by molar-refractivity contribution is -0.151. The Morgan fingerprint density at radius 1 is 1.44 bits per heavy atom. The van der Waals surface area contributed by atoms with E-state index in [1.54, 1.807) is 13.8 Å². The van der Waals surface area contributed by atoms with E-state index in [0.29, 0.717) is 0 Å². The highest BCUT2D eigenvalue weighted by atomic mass is 19.4. The molecule has 18 heavy (non-hydrogen) atoms. The van der Waals surface area contributed by atoms with E-state index in [1.165, 1.54) is 17.0 Å². The standard InChI is InChI=1S/C11H14F3N3O/c1-7(2)17-6-5-15-8(9(17)18)16-10(3-4-10)11(12,13)14/h5-7H,3-4H2,1-2H3,(H,15,16). The van der Waals surface area contributed by atoms with E-state index in [-0.39, 0.29) is 24.7 Å². The number of alkyl halides is 3. The Morgan fingerprint density at radius 3 is 2.50 bits per heavy atom. The topological polar surface area (TPSA) is 46.9 Å². The molecular weight excluding hydrogens is 247 g/mol. The Balaban J connectivity index is 2.32. The second kappa shape index (κ2) is 4.00. The van der Waals surface area contributed by atoms with Crippen molar-refractivity contribution in [2.75, 3.05) is 5.32 Å². The van der Waals surface area contributed by atoms with E-state index < -0.39 is 17.3 Å². The zero-order valence-corrected chi connectivity index (χ0v) is 10.1. The third-order valence-corrected chi connectivity index (χ3v) is 3.07. The number of aromatic nitrogens is 2. The van der Waals surface area contributed by atoms with Crippen LogP contribution in [0.25, 0.3) is 0 Å². The third kappa shape index (κ3) is 2.09. The van der Waals surface area contributed by atoms with Crippen molar-refractivity contribution in [3.63, 3.8) is 0 Å². The van der Waals surface area contributed by atoms with Crippen molar-refractivity contribution in [3.05, 3.63) is 22.7 Å². The van der Waals surface area contributed by atoms with Gasteiger partial charge in [0.25, 0.3) is 5.56 Å². The molecule has 0 aliphatic heterocycles. The zero-order chi connectivity index (χ0) is 13.6. The molecule has 1 aromatic rings. The molecule has 1 aromatic heterocycles. The molecule has 4 nitrogen and oxygen atoms in total. The molecule has 1 aliphatic rings. The van der Waals surface area contributed by atoms with E-state index in [1.807, 2.05) is 0 Å². The first-order valence-electron chi connectivity index (χ1n) is 5.69. The van der Waals surface area contributed by atoms with Gasteiger partial charge in [-0.05, 0) is 26.7 Å². The van der Waals surface area contributed by atoms with Crippen LogP contribution in [-0.4, -0.2) is 21.3 Å². The SMILES string of the molecule is CC(C)n1ccnc(NC2(C(F)(F)F)CC2)c1=O. The molecule has 1 N–H and O–H groups in total. The van der Waals surface area contributed by atoms with E-state index in [4.69, 9.17) is 0 Å². The van der Waals surface area contributed by atoms with Crippen molar-refractivity contribution in [1.29, 1.82) is 0 Å². The summed E-state index contributed by atoms with van der Waals surface area (Å²) in [6.45, 7) is 3.56. The van der Waals surface area contributed by atoms with Crippen LogP contribution in [0.3, 0.4) is 0 Å². The molecule has 1 saturated carbocycles. The molecule has 0 amide bonds. The maximum absolute atomic E-state index is 12.8. The molecule has 0 aromatic carbocycles. The molecular formula is C11H14F3N3O. The number of hydrogen-bond acceptors (Lipinski definition) is 3. The minimum Gasteiger partial charge on any atom is -0.352 e. The molecule has 1 heterocycles. The molecule has 1 aliphatic carbocycles. The van der Waals surface area contributed by atoms with Crippen LogP contribution in [0.2, 0.25) is 0 Å². The fraction of sp³-hybridized carbons (Fsp3) is 0.636. The van der Waals surface area contributed by atoms with Gasteiger partial charge in [0.2, 0.25) is 0 Å². The Morgan fingerprint density at radius 2 is 2.06 bits per heavy atom. The number of rotatable bonds is 3. The van der Waals surface area contributed by atoms with Gasteiger partial charge in [-0.1, -0.05) is 0 Å². The largest absolute Gasteiger partial charge is 0.411 e. The molecule has 7 heteroatoms. The lowest BCUT2D eigenvalue weighted by Gasteiger charge is -2.21. The van der Waals surface area contributed by atoms with Crippen LogP contribution in [0.4, 0.5) is 19.0 Å². The van der Waals surface area contributed by atoms with E-state index in [2.05, 4.69) is 10.3 Å². The number of nitrogens with zero attached hydrogens (tertiary/aromatic N) is 2. The van der Waals surface area contributed by atoms with Gasteiger partial charge in [0.1, 0.15) is 5.54 Å². The molecule has 0 spiro atoms. The van der Waals surface area contributed by atoms with Crippen molar-refractivity contribution in [3.8, 4) is 0 Å². The van der Waals surface area contributed by atoms with Crippen LogP contribution in [0, 0.1) is 0 Å². The second-order valence-corrected chi connectivity index (χ2v) is 4.79. The van der Waals surface area contributed by atoms with Gasteiger partial charge in [-0.3, -0.25) is 4.79 Å². The predicted octanol–water partition coefficient (Wildman–Crippen LogP) is 2.33. The highest BCUT2D eigenvalue weighted by Crippen LogP contribution is 2.50. The Kier molecular flexibility index (Phi) is 2.87. The summed E-state index contributed by atoms with van der Waals surface area (Å²) in [6.07, 6.45) is -1.61. The Labute approximate surface area is 102 Å². The normalized spacial score (nSPS) is 17.9. The van der Waals surface area contributed by atoms with Crippen LogP contribution in [0.1, 0.15) is 32.7 Å². The summed E-state index contributed by atoms with van der Waals surface area (Å²) in [5.41, 5.74) is -2.49. The quantitative estimate of drug-likeness (QED) is 0.908. The minimum absolute atomic E-state index is 0.0196. The van der Waals surface area contributed by atoms with E-state index >= 15 is 0 Å². The molecule has 1 fully saturated rings. The number of anilines is 1. The molecule has 0 unspecified atom stereocenters. The molecule has 0 saturated heterocycles. The highest BCUT2D eigenvalue weighted by Gasteiger charge is 2.64. The number of nitrogens with one attached hydrogen (secondary N) is 1. The lowest BCUT2D eigenvalue weighted by Crippen LogP contribution is -2.41. The maximum Gasteiger partial charge on any atom is 0.411 e. The van der Waals surface area contributed by atoms with Crippen molar-refractivity contribution in [2.45, 2.75) is 44.4 Å². The molecule has 0 atom stereocenters. The summed E-state index contributed by atoms with van der Waals surface area (Å²) in [5.74, 6) is -0.235.